The van der Waals surface area contributed by atoms with Crippen LogP contribution in [0.4, 0.5) is 0 Å². The first kappa shape index (κ1) is 8.22. The number of hydrogen-bond acceptors (Lipinski definition) is 4. The first-order valence-corrected chi connectivity index (χ1v) is 4.93. The Bertz CT molecular complexity index is 485. The molecule has 0 spiro atoms. The number of hydrogen-bond donors (Lipinski definition) is 3. The predicted octanol–water partition coefficient (Wildman–Crippen LogP) is 2.17. The molecular formula is C7H5NOS3. The Hall–Kier alpha value is -0.390. The van der Waals surface area contributed by atoms with E-state index in [1.165, 1.54) is 11.5 Å². The van der Waals surface area contributed by atoms with Gasteiger partial charge in [-0.05, 0) is 12.1 Å². The average Bonchev–Trinajstić information content (AvgIpc) is 2.41. The quantitative estimate of drug-likeness (QED) is 0.578. The van der Waals surface area contributed by atoms with Crippen LogP contribution < -0.4 is 5.56 Å². The summed E-state index contributed by atoms with van der Waals surface area (Å²) in [6.07, 6.45) is 0. The van der Waals surface area contributed by atoms with Crippen LogP contribution in [0.3, 0.4) is 0 Å². The Morgan fingerprint density at radius 3 is 2.83 bits per heavy atom. The van der Waals surface area contributed by atoms with Crippen LogP contribution in [-0.4, -0.2) is 4.37 Å². The Morgan fingerprint density at radius 2 is 2.08 bits per heavy atom. The number of thiol groups is 2. The van der Waals surface area contributed by atoms with Gasteiger partial charge in [-0.3, -0.25) is 9.17 Å². The number of benzene rings is 1. The molecule has 5 heteroatoms. The van der Waals surface area contributed by atoms with Crippen molar-refractivity contribution >= 4 is 46.9 Å². The Kier molecular flexibility index (Phi) is 1.94. The van der Waals surface area contributed by atoms with Crippen LogP contribution in [0, 0.1) is 0 Å². The first-order valence-electron chi connectivity index (χ1n) is 3.22. The first-order chi connectivity index (χ1) is 5.70. The van der Waals surface area contributed by atoms with Crippen molar-refractivity contribution in [1.82, 2.24) is 4.37 Å². The van der Waals surface area contributed by atoms with Gasteiger partial charge in [-0.1, -0.05) is 11.5 Å². The van der Waals surface area contributed by atoms with E-state index in [9.17, 15) is 4.79 Å². The molecule has 0 saturated carbocycles. The molecule has 0 bridgehead atoms. The number of H-pyrrole nitrogens is 1. The number of aromatic nitrogens is 1. The third-order valence-electron chi connectivity index (χ3n) is 1.60. The van der Waals surface area contributed by atoms with Crippen LogP contribution in [0.2, 0.25) is 0 Å². The Labute approximate surface area is 83.6 Å². The van der Waals surface area contributed by atoms with E-state index in [0.29, 0.717) is 10.3 Å². The van der Waals surface area contributed by atoms with Crippen molar-refractivity contribution in [3.8, 4) is 0 Å². The molecule has 2 aromatic rings. The molecule has 0 aliphatic heterocycles. The third kappa shape index (κ3) is 1.09. The van der Waals surface area contributed by atoms with Gasteiger partial charge in [0.15, 0.2) is 0 Å². The third-order valence-corrected chi connectivity index (χ3v) is 3.46. The van der Waals surface area contributed by atoms with E-state index in [0.717, 1.165) is 9.60 Å². The lowest BCUT2D eigenvalue weighted by molar-refractivity contribution is 1.31. The minimum Gasteiger partial charge on any atom is -0.277 e. The van der Waals surface area contributed by atoms with E-state index in [1.54, 1.807) is 0 Å². The molecule has 0 saturated heterocycles. The molecule has 12 heavy (non-hydrogen) atoms. The van der Waals surface area contributed by atoms with Gasteiger partial charge < -0.3 is 0 Å². The fourth-order valence-electron chi connectivity index (χ4n) is 1.02. The van der Waals surface area contributed by atoms with Crippen LogP contribution in [0.1, 0.15) is 0 Å². The van der Waals surface area contributed by atoms with Gasteiger partial charge in [-0.2, -0.15) is 0 Å². The monoisotopic (exact) mass is 215 g/mol. The predicted molar refractivity (Wildman–Crippen MR) is 56.9 cm³/mol. The van der Waals surface area contributed by atoms with Crippen molar-refractivity contribution < 1.29 is 0 Å². The van der Waals surface area contributed by atoms with Crippen molar-refractivity contribution in [2.75, 3.05) is 0 Å². The molecule has 1 heterocycles. The summed E-state index contributed by atoms with van der Waals surface area (Å²) in [5.74, 6) is 0. The van der Waals surface area contributed by atoms with Crippen LogP contribution in [0.15, 0.2) is 26.7 Å². The molecule has 1 N–H and O–H groups in total. The van der Waals surface area contributed by atoms with Gasteiger partial charge in [0, 0.05) is 9.79 Å². The fraction of sp³-hybridized carbons (Fsp3) is 0. The van der Waals surface area contributed by atoms with Crippen molar-refractivity contribution in [3.63, 3.8) is 0 Å². The summed E-state index contributed by atoms with van der Waals surface area (Å²) in [6, 6.07) is 3.69. The highest BCUT2D eigenvalue weighted by Crippen LogP contribution is 2.27. The molecule has 0 radical (unpaired) electrons. The maximum absolute atomic E-state index is 11.2. The summed E-state index contributed by atoms with van der Waals surface area (Å²) in [5, 5.41) is 0.635. The van der Waals surface area contributed by atoms with Crippen LogP contribution in [0.5, 0.6) is 0 Å². The SMILES string of the molecule is O=c1[nH]sc2ccc(S)c(S)c12. The van der Waals surface area contributed by atoms with E-state index >= 15 is 0 Å². The summed E-state index contributed by atoms with van der Waals surface area (Å²) >= 11 is 9.70. The van der Waals surface area contributed by atoms with E-state index in [2.05, 4.69) is 29.6 Å². The second-order valence-corrected chi connectivity index (χ2v) is 4.12. The summed E-state index contributed by atoms with van der Waals surface area (Å²) in [5.41, 5.74) is -0.0871. The Morgan fingerprint density at radius 1 is 1.33 bits per heavy atom. The Balaban J connectivity index is 3.06. The molecule has 62 valence electrons. The molecule has 0 fully saturated rings. The van der Waals surface area contributed by atoms with Crippen molar-refractivity contribution in [2.45, 2.75) is 9.79 Å². The maximum atomic E-state index is 11.2. The van der Waals surface area contributed by atoms with Crippen molar-refractivity contribution in [2.24, 2.45) is 0 Å². The largest absolute Gasteiger partial charge is 0.277 e. The molecule has 0 unspecified atom stereocenters. The number of fused-ring (bicyclic) bond motifs is 1. The zero-order chi connectivity index (χ0) is 8.72. The van der Waals surface area contributed by atoms with Gasteiger partial charge in [0.2, 0.25) is 0 Å². The van der Waals surface area contributed by atoms with Crippen molar-refractivity contribution in [1.29, 1.82) is 0 Å². The average molecular weight is 215 g/mol. The number of aromatic amines is 1. The van der Waals surface area contributed by atoms with Crippen LogP contribution >= 0.6 is 36.8 Å². The lowest BCUT2D eigenvalue weighted by Gasteiger charge is -1.95. The topological polar surface area (TPSA) is 32.9 Å². The zero-order valence-corrected chi connectivity index (χ0v) is 8.47. The van der Waals surface area contributed by atoms with E-state index in [1.807, 2.05) is 12.1 Å². The molecule has 2 rings (SSSR count). The lowest BCUT2D eigenvalue weighted by atomic mass is 10.3. The highest BCUT2D eigenvalue weighted by Gasteiger charge is 2.06. The van der Waals surface area contributed by atoms with Gasteiger partial charge in [0.05, 0.1) is 10.1 Å². The normalized spacial score (nSPS) is 10.8. The molecule has 1 aromatic heterocycles. The standard InChI is InChI=1S/C7H5NOS3/c9-7-5-4(12-8-7)2-1-3(10)6(5)11/h1-2,10-11H,(H,8,9). The molecule has 1 aromatic carbocycles. The number of nitrogens with one attached hydrogen (secondary N) is 1. The minimum atomic E-state index is -0.0871. The summed E-state index contributed by atoms with van der Waals surface area (Å²) in [4.78, 5) is 12.6. The maximum Gasteiger partial charge on any atom is 0.267 e. The van der Waals surface area contributed by atoms with Gasteiger partial charge in [-0.15, -0.1) is 25.3 Å². The van der Waals surface area contributed by atoms with Crippen LogP contribution in [0.25, 0.3) is 10.1 Å². The molecule has 0 amide bonds. The molecule has 0 aliphatic carbocycles. The lowest BCUT2D eigenvalue weighted by Crippen LogP contribution is -1.97. The highest BCUT2D eigenvalue weighted by atomic mass is 32.1. The van der Waals surface area contributed by atoms with Crippen LogP contribution in [-0.2, 0) is 0 Å². The second-order valence-electron chi connectivity index (χ2n) is 2.34. The summed E-state index contributed by atoms with van der Waals surface area (Å²) < 4.78 is 3.57. The van der Waals surface area contributed by atoms with Gasteiger partial charge in [0.1, 0.15) is 0 Å². The zero-order valence-electron chi connectivity index (χ0n) is 5.87. The minimum absolute atomic E-state index is 0.0871. The molecular weight excluding hydrogens is 210 g/mol. The molecule has 2 nitrogen and oxygen atoms in total. The smallest absolute Gasteiger partial charge is 0.267 e. The van der Waals surface area contributed by atoms with E-state index < -0.39 is 0 Å². The summed E-state index contributed by atoms with van der Waals surface area (Å²) in [6.45, 7) is 0. The number of rotatable bonds is 0. The van der Waals surface area contributed by atoms with E-state index in [4.69, 9.17) is 0 Å². The van der Waals surface area contributed by atoms with Gasteiger partial charge >= 0.3 is 0 Å². The van der Waals surface area contributed by atoms with Gasteiger partial charge in [0.25, 0.3) is 5.56 Å². The van der Waals surface area contributed by atoms with Crippen molar-refractivity contribution in [3.05, 3.63) is 22.5 Å². The molecule has 0 aliphatic rings. The molecule has 0 atom stereocenters. The summed E-state index contributed by atoms with van der Waals surface area (Å²) in [7, 11) is 0. The fourth-order valence-corrected chi connectivity index (χ4v) is 2.31. The second kappa shape index (κ2) is 2.83. The van der Waals surface area contributed by atoms with E-state index in [-0.39, 0.29) is 5.56 Å². The highest BCUT2D eigenvalue weighted by molar-refractivity contribution is 7.83. The van der Waals surface area contributed by atoms with Gasteiger partial charge in [-0.25, -0.2) is 0 Å².